The van der Waals surface area contributed by atoms with Crippen LogP contribution in [0.4, 0.5) is 15.8 Å². The predicted molar refractivity (Wildman–Crippen MR) is 116 cm³/mol. The molecule has 31 heavy (non-hydrogen) atoms. The second-order valence-corrected chi connectivity index (χ2v) is 7.16. The number of fused-ring (bicyclic) bond motifs is 1. The topological polar surface area (TPSA) is 88.9 Å². The van der Waals surface area contributed by atoms with Crippen LogP contribution in [-0.4, -0.2) is 26.6 Å². The van der Waals surface area contributed by atoms with E-state index in [1.165, 1.54) is 12.1 Å². The number of carbonyl (C=O) groups is 2. The van der Waals surface area contributed by atoms with E-state index >= 15 is 0 Å². The Balaban J connectivity index is 1.53. The summed E-state index contributed by atoms with van der Waals surface area (Å²) in [5.74, 6) is -0.995. The molecule has 4 rings (SSSR count). The van der Waals surface area contributed by atoms with E-state index in [2.05, 4.69) is 20.7 Å². The number of benzene rings is 2. The fourth-order valence-corrected chi connectivity index (χ4v) is 3.27. The summed E-state index contributed by atoms with van der Waals surface area (Å²) >= 11 is 0. The molecule has 1 unspecified atom stereocenters. The molecular formula is C23H20FN5O2. The van der Waals surface area contributed by atoms with Gasteiger partial charge < -0.3 is 10.6 Å². The largest absolute Gasteiger partial charge is 0.324 e. The number of nitrogens with zero attached hydrogens (tertiary/aromatic N) is 3. The van der Waals surface area contributed by atoms with Crippen molar-refractivity contribution in [1.82, 2.24) is 14.8 Å². The maximum atomic E-state index is 13.6. The van der Waals surface area contributed by atoms with Gasteiger partial charge >= 0.3 is 0 Å². The molecule has 2 aromatic heterocycles. The van der Waals surface area contributed by atoms with E-state index in [4.69, 9.17) is 0 Å². The molecule has 2 amide bonds. The molecular weight excluding hydrogens is 397 g/mol. The molecule has 0 aliphatic rings. The van der Waals surface area contributed by atoms with Gasteiger partial charge in [-0.05, 0) is 56.3 Å². The minimum Gasteiger partial charge on any atom is -0.324 e. The highest BCUT2D eigenvalue weighted by Gasteiger charge is 2.16. The fourth-order valence-electron chi connectivity index (χ4n) is 3.27. The van der Waals surface area contributed by atoms with E-state index < -0.39 is 11.9 Å². The van der Waals surface area contributed by atoms with Crippen LogP contribution >= 0.6 is 0 Å². The molecule has 0 bridgehead atoms. The van der Waals surface area contributed by atoms with Crippen molar-refractivity contribution in [2.24, 2.45) is 0 Å². The lowest BCUT2D eigenvalue weighted by molar-refractivity contribution is -0.119. The van der Waals surface area contributed by atoms with Crippen LogP contribution in [0.15, 0.2) is 67.0 Å². The van der Waals surface area contributed by atoms with Crippen molar-refractivity contribution in [3.8, 4) is 0 Å². The van der Waals surface area contributed by atoms with Crippen LogP contribution in [0.3, 0.4) is 0 Å². The van der Waals surface area contributed by atoms with Gasteiger partial charge in [0.2, 0.25) is 5.91 Å². The first kappa shape index (κ1) is 20.2. The normalized spacial score (nSPS) is 11.8. The zero-order chi connectivity index (χ0) is 22.0. The molecule has 2 N–H and O–H groups in total. The molecule has 0 fully saturated rings. The third-order valence-corrected chi connectivity index (χ3v) is 4.83. The number of carbonyl (C=O) groups excluding carboxylic acids is 2. The first-order valence-electron chi connectivity index (χ1n) is 9.69. The highest BCUT2D eigenvalue weighted by molar-refractivity contribution is 6.12. The zero-order valence-electron chi connectivity index (χ0n) is 17.0. The van der Waals surface area contributed by atoms with Gasteiger partial charge in [0, 0.05) is 40.9 Å². The summed E-state index contributed by atoms with van der Waals surface area (Å²) in [5, 5.41) is 10.3. The molecule has 0 saturated heterocycles. The molecule has 7 nitrogen and oxygen atoms in total. The molecule has 8 heteroatoms. The lowest BCUT2D eigenvalue weighted by atomic mass is 10.1. The Bertz CT molecular complexity index is 1270. The number of rotatable bonds is 5. The molecule has 0 saturated carbocycles. The summed E-state index contributed by atoms with van der Waals surface area (Å²) in [4.78, 5) is 29.7. The number of pyridine rings is 1. The Labute approximate surface area is 177 Å². The van der Waals surface area contributed by atoms with Crippen molar-refractivity contribution in [2.75, 3.05) is 10.6 Å². The van der Waals surface area contributed by atoms with Gasteiger partial charge in [-0.2, -0.15) is 5.10 Å². The van der Waals surface area contributed by atoms with E-state index in [9.17, 15) is 14.0 Å². The second-order valence-electron chi connectivity index (χ2n) is 7.16. The Morgan fingerprint density at radius 2 is 1.81 bits per heavy atom. The monoisotopic (exact) mass is 417 g/mol. The zero-order valence-corrected chi connectivity index (χ0v) is 17.0. The maximum Gasteiger partial charge on any atom is 0.256 e. The van der Waals surface area contributed by atoms with Gasteiger partial charge in [-0.25, -0.2) is 4.39 Å². The first-order chi connectivity index (χ1) is 14.9. The van der Waals surface area contributed by atoms with Crippen molar-refractivity contribution in [3.05, 3.63) is 84.1 Å². The average molecular weight is 417 g/mol. The molecule has 4 aromatic rings. The summed E-state index contributed by atoms with van der Waals surface area (Å²) in [5.41, 5.74) is 2.47. The highest BCUT2D eigenvalue weighted by atomic mass is 19.1. The third kappa shape index (κ3) is 4.42. The molecule has 2 heterocycles. The minimum absolute atomic E-state index is 0.232. The number of halogens is 1. The number of nitrogens with one attached hydrogen (secondary N) is 2. The van der Waals surface area contributed by atoms with Crippen LogP contribution in [0, 0.1) is 12.7 Å². The van der Waals surface area contributed by atoms with Gasteiger partial charge in [-0.3, -0.25) is 19.3 Å². The average Bonchev–Trinajstić information content (AvgIpc) is 3.27. The molecule has 0 aliphatic heterocycles. The quantitative estimate of drug-likeness (QED) is 0.506. The van der Waals surface area contributed by atoms with E-state index in [1.54, 1.807) is 73.4 Å². The number of hydrogen-bond acceptors (Lipinski definition) is 4. The fraction of sp³-hybridized carbons (Fsp3) is 0.130. The van der Waals surface area contributed by atoms with Gasteiger partial charge in [-0.1, -0.05) is 6.07 Å². The van der Waals surface area contributed by atoms with E-state index in [-0.39, 0.29) is 11.8 Å². The first-order valence-corrected chi connectivity index (χ1v) is 9.69. The molecule has 2 aromatic carbocycles. The highest BCUT2D eigenvalue weighted by Crippen LogP contribution is 2.22. The molecule has 0 spiro atoms. The van der Waals surface area contributed by atoms with E-state index in [0.29, 0.717) is 33.5 Å². The third-order valence-electron chi connectivity index (χ3n) is 4.83. The van der Waals surface area contributed by atoms with Crippen LogP contribution in [0.5, 0.6) is 0 Å². The lowest BCUT2D eigenvalue weighted by Gasteiger charge is -2.14. The summed E-state index contributed by atoms with van der Waals surface area (Å²) in [6.45, 7) is 3.49. The van der Waals surface area contributed by atoms with Crippen molar-refractivity contribution in [1.29, 1.82) is 0 Å². The van der Waals surface area contributed by atoms with Gasteiger partial charge in [-0.15, -0.1) is 0 Å². The molecule has 156 valence electrons. The van der Waals surface area contributed by atoms with Crippen LogP contribution in [0.25, 0.3) is 10.9 Å². The Hall–Kier alpha value is -4.07. The van der Waals surface area contributed by atoms with Crippen LogP contribution in [-0.2, 0) is 4.79 Å². The number of aryl methyl sites for hydroxylation is 1. The summed E-state index contributed by atoms with van der Waals surface area (Å²) < 4.78 is 15.1. The van der Waals surface area contributed by atoms with Gasteiger partial charge in [0.15, 0.2) is 0 Å². The number of anilines is 2. The van der Waals surface area contributed by atoms with Crippen molar-refractivity contribution in [2.45, 2.75) is 19.9 Å². The standard InChI is InChI=1S/C23H20FN5O2/c1-14-11-20(19-8-7-16(24)12-21(19)26-14)23(31)28-18-6-3-5-17(13-18)27-22(30)15(2)29-10-4-9-25-29/h3-13,15H,1-2H3,(H,27,30)(H,28,31). The Kier molecular flexibility index (Phi) is 5.44. The van der Waals surface area contributed by atoms with Crippen LogP contribution < -0.4 is 10.6 Å². The predicted octanol–water partition coefficient (Wildman–Crippen LogP) is 4.33. The molecule has 0 radical (unpaired) electrons. The number of aromatic nitrogens is 3. The summed E-state index contributed by atoms with van der Waals surface area (Å²) in [6.07, 6.45) is 3.33. The Morgan fingerprint density at radius 1 is 1.03 bits per heavy atom. The number of amides is 2. The van der Waals surface area contributed by atoms with Crippen molar-refractivity contribution in [3.63, 3.8) is 0 Å². The van der Waals surface area contributed by atoms with E-state index in [0.717, 1.165) is 0 Å². The number of hydrogen-bond donors (Lipinski definition) is 2. The smallest absolute Gasteiger partial charge is 0.256 e. The summed E-state index contributed by atoms with van der Waals surface area (Å²) in [6, 6.07) is 13.9. The Morgan fingerprint density at radius 3 is 2.55 bits per heavy atom. The van der Waals surface area contributed by atoms with E-state index in [1.807, 2.05) is 0 Å². The second kappa shape index (κ2) is 8.35. The van der Waals surface area contributed by atoms with Crippen LogP contribution in [0.1, 0.15) is 29.0 Å². The van der Waals surface area contributed by atoms with Crippen molar-refractivity contribution < 1.29 is 14.0 Å². The maximum absolute atomic E-state index is 13.6. The minimum atomic E-state index is -0.486. The van der Waals surface area contributed by atoms with Gasteiger partial charge in [0.25, 0.3) is 5.91 Å². The van der Waals surface area contributed by atoms with Gasteiger partial charge in [0.05, 0.1) is 11.1 Å². The molecule has 0 aliphatic carbocycles. The van der Waals surface area contributed by atoms with Crippen molar-refractivity contribution >= 4 is 34.1 Å². The SMILES string of the molecule is Cc1cc(C(=O)Nc2cccc(NC(=O)C(C)n3cccn3)c2)c2ccc(F)cc2n1. The molecule has 1 atom stereocenters. The van der Waals surface area contributed by atoms with Crippen LogP contribution in [0.2, 0.25) is 0 Å². The lowest BCUT2D eigenvalue weighted by Crippen LogP contribution is -2.24. The van der Waals surface area contributed by atoms with Gasteiger partial charge in [0.1, 0.15) is 11.9 Å². The summed E-state index contributed by atoms with van der Waals surface area (Å²) in [7, 11) is 0.